The molecule has 0 amide bonds. The van der Waals surface area contributed by atoms with E-state index in [-0.39, 0.29) is 10.8 Å². The second-order valence-corrected chi connectivity index (χ2v) is 15.0. The molecular weight excluding hydrogens is 544 g/mol. The van der Waals surface area contributed by atoms with E-state index < -0.39 is 0 Å². The Hall–Kier alpha value is -4.62. The third-order valence-electron chi connectivity index (χ3n) is 9.89. The first-order chi connectivity index (χ1) is 21.6. The molecule has 5 aromatic carbocycles. The third-order valence-corrected chi connectivity index (χ3v) is 9.89. The van der Waals surface area contributed by atoms with E-state index in [0.717, 1.165) is 17.8 Å². The lowest BCUT2D eigenvalue weighted by molar-refractivity contribution is 0.521. The molecule has 1 nitrogen and oxygen atoms in total. The molecule has 45 heavy (non-hydrogen) atoms. The molecule has 0 bridgehead atoms. The van der Waals surface area contributed by atoms with Gasteiger partial charge < -0.3 is 4.42 Å². The number of furan rings is 1. The fourth-order valence-electron chi connectivity index (χ4n) is 7.33. The van der Waals surface area contributed by atoms with Gasteiger partial charge in [0, 0.05) is 23.3 Å². The summed E-state index contributed by atoms with van der Waals surface area (Å²) in [6.07, 6.45) is 12.1. The van der Waals surface area contributed by atoms with Crippen LogP contribution in [0, 0.1) is 5.92 Å². The molecule has 0 spiro atoms. The maximum Gasteiger partial charge on any atom is 0.134 e. The van der Waals surface area contributed by atoms with Gasteiger partial charge in [-0.2, -0.15) is 0 Å². The van der Waals surface area contributed by atoms with Crippen molar-refractivity contribution in [3.05, 3.63) is 137 Å². The van der Waals surface area contributed by atoms with Gasteiger partial charge in [0.2, 0.25) is 0 Å². The molecular formula is C44H40O. The van der Waals surface area contributed by atoms with Gasteiger partial charge in [-0.05, 0) is 102 Å². The first-order valence-electron chi connectivity index (χ1n) is 16.3. The van der Waals surface area contributed by atoms with E-state index in [1.165, 1.54) is 71.4 Å². The van der Waals surface area contributed by atoms with Crippen molar-refractivity contribution in [1.29, 1.82) is 0 Å². The van der Waals surface area contributed by atoms with Crippen molar-refractivity contribution in [2.75, 3.05) is 0 Å². The van der Waals surface area contributed by atoms with Crippen LogP contribution in [0.1, 0.15) is 64.0 Å². The van der Waals surface area contributed by atoms with Crippen LogP contribution in [0.25, 0.3) is 60.8 Å². The Morgan fingerprint density at radius 3 is 1.89 bits per heavy atom. The van der Waals surface area contributed by atoms with Crippen molar-refractivity contribution in [3.63, 3.8) is 0 Å². The van der Waals surface area contributed by atoms with Gasteiger partial charge >= 0.3 is 0 Å². The Morgan fingerprint density at radius 2 is 1.24 bits per heavy atom. The maximum absolute atomic E-state index is 6.50. The predicted molar refractivity (Wildman–Crippen MR) is 193 cm³/mol. The lowest BCUT2D eigenvalue weighted by Gasteiger charge is -2.25. The van der Waals surface area contributed by atoms with Gasteiger partial charge in [-0.25, -0.2) is 0 Å². The summed E-state index contributed by atoms with van der Waals surface area (Å²) < 4.78 is 6.50. The van der Waals surface area contributed by atoms with Crippen LogP contribution >= 0.6 is 0 Å². The van der Waals surface area contributed by atoms with E-state index >= 15 is 0 Å². The second-order valence-electron chi connectivity index (χ2n) is 15.0. The largest absolute Gasteiger partial charge is 0.460 e. The van der Waals surface area contributed by atoms with Crippen LogP contribution in [0.5, 0.6) is 0 Å². The van der Waals surface area contributed by atoms with Crippen LogP contribution in [-0.4, -0.2) is 0 Å². The molecule has 0 radical (unpaired) electrons. The molecule has 0 fully saturated rings. The topological polar surface area (TPSA) is 13.1 Å². The van der Waals surface area contributed by atoms with Gasteiger partial charge in [-0.1, -0.05) is 127 Å². The molecule has 1 atom stereocenters. The average molecular weight is 585 g/mol. The van der Waals surface area contributed by atoms with Crippen molar-refractivity contribution < 1.29 is 4.42 Å². The zero-order chi connectivity index (χ0) is 31.1. The number of hydrogen-bond donors (Lipinski definition) is 0. The number of rotatable bonds is 2. The fraction of sp³-hybridized carbons (Fsp3) is 0.227. The summed E-state index contributed by atoms with van der Waals surface area (Å²) in [5, 5.41) is 6.38. The Morgan fingerprint density at radius 1 is 0.600 bits per heavy atom. The first kappa shape index (κ1) is 27.9. The number of fused-ring (bicyclic) bond motifs is 6. The molecule has 1 unspecified atom stereocenters. The summed E-state index contributed by atoms with van der Waals surface area (Å²) in [7, 11) is 0. The van der Waals surface area contributed by atoms with Crippen molar-refractivity contribution in [3.8, 4) is 22.3 Å². The van der Waals surface area contributed by atoms with Crippen molar-refractivity contribution in [2.45, 2.75) is 58.8 Å². The monoisotopic (exact) mass is 584 g/mol. The molecule has 2 aliphatic carbocycles. The van der Waals surface area contributed by atoms with Gasteiger partial charge in [0.15, 0.2) is 0 Å². The highest BCUT2D eigenvalue weighted by Gasteiger charge is 2.26. The van der Waals surface area contributed by atoms with E-state index in [1.807, 2.05) is 0 Å². The highest BCUT2D eigenvalue weighted by molar-refractivity contribution is 6.22. The third kappa shape index (κ3) is 4.60. The molecule has 0 saturated heterocycles. The number of hydrogen-bond acceptors (Lipinski definition) is 1. The minimum atomic E-state index is 0.0295. The van der Waals surface area contributed by atoms with Gasteiger partial charge in [0.05, 0.1) is 0 Å². The summed E-state index contributed by atoms with van der Waals surface area (Å²) in [5.74, 6) is 1.49. The van der Waals surface area contributed by atoms with Crippen LogP contribution in [0.2, 0.25) is 0 Å². The summed E-state index contributed by atoms with van der Waals surface area (Å²) in [4.78, 5) is 0. The Kier molecular flexibility index (Phi) is 6.16. The molecule has 1 aromatic heterocycles. The van der Waals surface area contributed by atoms with Crippen LogP contribution in [0.3, 0.4) is 0 Å². The summed E-state index contributed by atoms with van der Waals surface area (Å²) in [6.45, 7) is 13.8. The zero-order valence-corrected chi connectivity index (χ0v) is 27.2. The molecule has 1 heterocycles. The van der Waals surface area contributed by atoms with Crippen LogP contribution in [-0.2, 0) is 17.3 Å². The number of allylic oxidation sites excluding steroid dienone is 5. The molecule has 0 aliphatic heterocycles. The van der Waals surface area contributed by atoms with Gasteiger partial charge in [-0.3, -0.25) is 0 Å². The van der Waals surface area contributed by atoms with Crippen LogP contribution in [0.4, 0.5) is 0 Å². The summed E-state index contributed by atoms with van der Waals surface area (Å²) in [5.41, 5.74) is 11.4. The lowest BCUT2D eigenvalue weighted by atomic mass is 9.79. The average Bonchev–Trinajstić information content (AvgIpc) is 3.38. The Labute approximate surface area is 266 Å². The molecule has 0 saturated carbocycles. The van der Waals surface area contributed by atoms with Crippen molar-refractivity contribution in [1.82, 2.24) is 0 Å². The highest BCUT2D eigenvalue weighted by Crippen LogP contribution is 2.47. The van der Waals surface area contributed by atoms with Gasteiger partial charge in [0.1, 0.15) is 11.3 Å². The van der Waals surface area contributed by atoms with Crippen molar-refractivity contribution >= 4 is 38.6 Å². The van der Waals surface area contributed by atoms with Gasteiger partial charge in [0.25, 0.3) is 0 Å². The van der Waals surface area contributed by atoms with Crippen LogP contribution in [0.15, 0.2) is 119 Å². The van der Waals surface area contributed by atoms with Gasteiger partial charge in [-0.15, -0.1) is 0 Å². The minimum Gasteiger partial charge on any atom is -0.460 e. The lowest BCUT2D eigenvalue weighted by Crippen LogP contribution is -2.11. The number of benzene rings is 5. The van der Waals surface area contributed by atoms with Crippen molar-refractivity contribution in [2.24, 2.45) is 5.92 Å². The summed E-state index contributed by atoms with van der Waals surface area (Å²) >= 11 is 0. The van der Waals surface area contributed by atoms with E-state index in [1.54, 1.807) is 0 Å². The molecule has 2 aliphatic rings. The molecule has 6 aromatic rings. The first-order valence-corrected chi connectivity index (χ1v) is 16.3. The minimum absolute atomic E-state index is 0.0295. The smallest absolute Gasteiger partial charge is 0.134 e. The maximum atomic E-state index is 6.50. The zero-order valence-electron chi connectivity index (χ0n) is 27.2. The van der Waals surface area contributed by atoms with E-state index in [2.05, 4.69) is 157 Å². The fourth-order valence-corrected chi connectivity index (χ4v) is 7.33. The predicted octanol–water partition coefficient (Wildman–Crippen LogP) is 12.3. The molecule has 1 heteroatoms. The quantitative estimate of drug-likeness (QED) is 0.185. The molecule has 8 rings (SSSR count). The van der Waals surface area contributed by atoms with E-state index in [9.17, 15) is 0 Å². The Bertz CT molecular complexity index is 2240. The standard InChI is InChI=1S/C44H40O/c1-43(2,3)31-18-20-34-37(25-31)41(27-12-8-7-9-13-27)33-19-17-32(44(4,5)6)26-38(33)42(34)30-16-21-39-35(23-30)36-22-28-14-10-11-15-29(28)24-40(36)45-39/h7-23,25-26,29H,24H2,1-6H3. The molecule has 222 valence electrons. The van der Waals surface area contributed by atoms with Crippen LogP contribution < -0.4 is 0 Å². The highest BCUT2D eigenvalue weighted by atomic mass is 16.3. The summed E-state index contributed by atoms with van der Waals surface area (Å²) in [6, 6.07) is 32.1. The van der Waals surface area contributed by atoms with E-state index in [4.69, 9.17) is 4.42 Å². The SMILES string of the molecule is CC(C)(C)c1ccc2c(-c3ccc4oc5c(c4c3)C=C3C=CC=CC3C5)c3cc(C(C)(C)C)ccc3c(-c3ccccc3)c2c1. The second kappa shape index (κ2) is 9.94. The molecule has 0 N–H and O–H groups in total. The van der Waals surface area contributed by atoms with E-state index in [0.29, 0.717) is 5.92 Å². The normalized spacial score (nSPS) is 16.3. The Balaban J connectivity index is 1.48.